The van der Waals surface area contributed by atoms with Gasteiger partial charge < -0.3 is 4.90 Å². The molecule has 1 N–H and O–H groups in total. The minimum absolute atomic E-state index is 1.33. The molecule has 0 radical (unpaired) electrons. The second-order valence-electron chi connectivity index (χ2n) is 13.2. The fourth-order valence-corrected chi connectivity index (χ4v) is 6.32. The molecule has 0 spiro atoms. The highest BCUT2D eigenvalue weighted by molar-refractivity contribution is 7.20. The van der Waals surface area contributed by atoms with Gasteiger partial charge in [-0.2, -0.15) is 0 Å². The lowest BCUT2D eigenvalue weighted by Gasteiger charge is -2.44. The Hall–Kier alpha value is -5.28. The molecule has 0 fully saturated rings. The van der Waals surface area contributed by atoms with Crippen LogP contribution >= 0.6 is 0 Å². The predicted molar refractivity (Wildman–Crippen MR) is 183 cm³/mol. The normalized spacial score (nSPS) is 11.4. The van der Waals surface area contributed by atoms with E-state index < -0.39 is 144 Å². The lowest BCUT2D eigenvalue weighted by molar-refractivity contribution is -0.786. The van der Waals surface area contributed by atoms with E-state index in [-0.39, 0.29) is 0 Å². The second kappa shape index (κ2) is 20.1. The molecule has 0 aromatic heterocycles. The van der Waals surface area contributed by atoms with Crippen LogP contribution in [0.25, 0.3) is 0 Å². The molecule has 5 aromatic carbocycles. The summed E-state index contributed by atoms with van der Waals surface area (Å²) in [5.74, 6) is -71.4. The van der Waals surface area contributed by atoms with E-state index in [9.17, 15) is 52.7 Å². The third kappa shape index (κ3) is 8.90. The quantitative estimate of drug-likeness (QED) is 0.0495. The highest BCUT2D eigenvalue weighted by Gasteiger charge is 2.52. The lowest BCUT2D eigenvalue weighted by atomic mass is 9.12. The van der Waals surface area contributed by atoms with Crippen molar-refractivity contribution in [2.45, 2.75) is 46.0 Å². The van der Waals surface area contributed by atoms with Crippen molar-refractivity contribution in [1.82, 2.24) is 0 Å². The minimum atomic E-state index is -7.22. The Balaban J connectivity index is 0.000000517. The van der Waals surface area contributed by atoms with Crippen molar-refractivity contribution in [2.24, 2.45) is 0 Å². The Morgan fingerprint density at radius 3 is 0.672 bits per heavy atom. The Bertz CT molecular complexity index is 2020. The lowest BCUT2D eigenvalue weighted by Crippen LogP contribution is -3.00. The van der Waals surface area contributed by atoms with E-state index in [2.05, 4.69) is 52.2 Å². The molecule has 0 aliphatic rings. The van der Waals surface area contributed by atoms with Crippen molar-refractivity contribution in [3.05, 3.63) is 147 Å². The number of hydrogen-bond acceptors (Lipinski definition) is 0. The first-order valence-corrected chi connectivity index (χ1v) is 17.5. The van der Waals surface area contributed by atoms with Crippen molar-refractivity contribution in [1.29, 1.82) is 0 Å². The van der Waals surface area contributed by atoms with Crippen molar-refractivity contribution in [2.75, 3.05) is 14.1 Å². The van der Waals surface area contributed by atoms with Gasteiger partial charge in [0.2, 0.25) is 0 Å². The van der Waals surface area contributed by atoms with Gasteiger partial charge in [-0.15, -0.1) is 21.9 Å². The standard InChI is InChI=1S/C24BF20.C8H11N.C7H16/c26-5-1(6(27)14(35)21(42)13(5)34)25(2-7(28)15(36)22(43)16(37)8(2)29,3-9(30)17(38)23(44)18(39)10(3)31)4-11(32)19(40)24(45)20(41)12(4)33;1-9(2)8-6-4-3-5-7-8;1-3-5-7-6-4-2/h;3-7H,1-2H3;3-7H2,1-2H3/q-1;;/p+1. The van der Waals surface area contributed by atoms with Gasteiger partial charge in [-0.25, -0.2) is 87.8 Å². The Morgan fingerprint density at radius 1 is 0.311 bits per heavy atom. The van der Waals surface area contributed by atoms with Gasteiger partial charge in [-0.1, -0.05) is 64.2 Å². The van der Waals surface area contributed by atoms with Crippen LogP contribution in [0.3, 0.4) is 0 Å². The van der Waals surface area contributed by atoms with Gasteiger partial charge in [0.05, 0.1) is 14.1 Å². The molecular weight excluding hydrogens is 873 g/mol. The second-order valence-corrected chi connectivity index (χ2v) is 13.2. The van der Waals surface area contributed by atoms with Crippen molar-refractivity contribution < 1.29 is 92.7 Å². The van der Waals surface area contributed by atoms with E-state index in [0.717, 1.165) is 0 Å². The molecule has 0 aliphatic heterocycles. The molecule has 0 unspecified atom stereocenters. The topological polar surface area (TPSA) is 4.44 Å². The molecular formula is C39H28BF20N. The van der Waals surface area contributed by atoms with Crippen LogP contribution in [0.1, 0.15) is 46.0 Å². The summed E-state index contributed by atoms with van der Waals surface area (Å²) in [7, 11) is 4.24. The van der Waals surface area contributed by atoms with Gasteiger partial charge in [0.15, 0.2) is 69.8 Å². The molecule has 5 aromatic rings. The van der Waals surface area contributed by atoms with E-state index in [4.69, 9.17) is 0 Å². The summed E-state index contributed by atoms with van der Waals surface area (Å²) in [6.07, 6.45) is -0.208. The minimum Gasteiger partial charge on any atom is -0.307 e. The first-order valence-electron chi connectivity index (χ1n) is 17.5. The maximum absolute atomic E-state index is 15.4. The maximum atomic E-state index is 15.4. The summed E-state index contributed by atoms with van der Waals surface area (Å²) in [6, 6.07) is 10.4. The smallest absolute Gasteiger partial charge is 0.200 e. The van der Waals surface area contributed by atoms with Crippen LogP contribution in [0.2, 0.25) is 0 Å². The first kappa shape index (κ1) is 50.1. The summed E-state index contributed by atoms with van der Waals surface area (Å²) in [5.41, 5.74) is -13.0. The average Bonchev–Trinajstić information content (AvgIpc) is 3.24. The molecule has 0 saturated carbocycles. The highest BCUT2D eigenvalue weighted by atomic mass is 19.2. The van der Waals surface area contributed by atoms with Crippen molar-refractivity contribution in [3.8, 4) is 0 Å². The van der Waals surface area contributed by atoms with Crippen LogP contribution in [0.15, 0.2) is 30.3 Å². The maximum Gasteiger partial charge on any atom is 0.200 e. The van der Waals surface area contributed by atoms with Gasteiger partial charge >= 0.3 is 0 Å². The SMILES string of the molecule is CCCCCCC.C[NH+](C)c1ccccc1.Fc1c(F)c(F)c([B-](c2c(F)c(F)c(F)c(F)c2F)(c2c(F)c(F)c(F)c(F)c2F)c2c(F)c(F)c(F)c(F)c2F)c(F)c1F. The van der Waals surface area contributed by atoms with Crippen LogP contribution in [-0.2, 0) is 0 Å². The molecule has 1 nitrogen and oxygen atoms in total. The van der Waals surface area contributed by atoms with Gasteiger partial charge in [0, 0.05) is 0 Å². The number of para-hydroxylation sites is 1. The first-order chi connectivity index (χ1) is 28.4. The fraction of sp³-hybridized carbons (Fsp3) is 0.231. The summed E-state index contributed by atoms with van der Waals surface area (Å²) < 4.78 is 294. The van der Waals surface area contributed by atoms with Gasteiger partial charge in [-0.3, -0.25) is 0 Å². The highest BCUT2D eigenvalue weighted by Crippen LogP contribution is 2.30. The number of halogens is 20. The predicted octanol–water partition coefficient (Wildman–Crippen LogP) is 9.29. The number of nitrogens with one attached hydrogen (secondary N) is 1. The number of unbranched alkanes of at least 4 members (excludes halogenated alkanes) is 4. The number of hydrogen-bond donors (Lipinski definition) is 1. The largest absolute Gasteiger partial charge is 0.307 e. The molecule has 5 rings (SSSR count). The van der Waals surface area contributed by atoms with E-state index in [1.807, 2.05) is 6.07 Å². The average molecular weight is 901 g/mol. The molecule has 61 heavy (non-hydrogen) atoms. The molecule has 0 atom stereocenters. The third-order valence-corrected chi connectivity index (χ3v) is 9.27. The van der Waals surface area contributed by atoms with Crippen LogP contribution in [-0.4, -0.2) is 20.2 Å². The monoisotopic (exact) mass is 901 g/mol. The Morgan fingerprint density at radius 2 is 0.508 bits per heavy atom. The Labute approximate surface area is 333 Å². The molecule has 332 valence electrons. The van der Waals surface area contributed by atoms with Gasteiger partial charge in [0.1, 0.15) is 58.4 Å². The zero-order valence-electron chi connectivity index (χ0n) is 31.6. The Kier molecular flexibility index (Phi) is 16.5. The fourth-order valence-electron chi connectivity index (χ4n) is 6.32. The summed E-state index contributed by atoms with van der Waals surface area (Å²) >= 11 is 0. The number of quaternary nitrogens is 1. The summed E-state index contributed by atoms with van der Waals surface area (Å²) in [6.45, 7) is 4.49. The molecule has 0 aliphatic carbocycles. The zero-order chi connectivity index (χ0) is 46.6. The van der Waals surface area contributed by atoms with Crippen LogP contribution < -0.4 is 26.8 Å². The van der Waals surface area contributed by atoms with Gasteiger partial charge in [-0.05, 0) is 12.1 Å². The molecule has 0 bridgehead atoms. The summed E-state index contributed by atoms with van der Waals surface area (Å²) in [5, 5.41) is 0. The number of benzene rings is 5. The molecule has 0 amide bonds. The number of rotatable bonds is 9. The molecule has 0 saturated heterocycles. The van der Waals surface area contributed by atoms with E-state index in [1.165, 1.54) is 42.7 Å². The van der Waals surface area contributed by atoms with E-state index in [1.54, 1.807) is 0 Å². The molecule has 22 heteroatoms. The van der Waals surface area contributed by atoms with E-state index in [0.29, 0.717) is 0 Å². The van der Waals surface area contributed by atoms with E-state index >= 15 is 35.1 Å². The van der Waals surface area contributed by atoms with Gasteiger partial charge in [0.25, 0.3) is 0 Å². The van der Waals surface area contributed by atoms with Crippen LogP contribution in [0.5, 0.6) is 0 Å². The van der Waals surface area contributed by atoms with Crippen molar-refractivity contribution in [3.63, 3.8) is 0 Å². The molecule has 0 heterocycles. The van der Waals surface area contributed by atoms with Crippen molar-refractivity contribution >= 4 is 33.7 Å². The summed E-state index contributed by atoms with van der Waals surface area (Å²) in [4.78, 5) is 1.37. The van der Waals surface area contributed by atoms with Crippen LogP contribution in [0, 0.1) is 116 Å². The van der Waals surface area contributed by atoms with Crippen LogP contribution in [0.4, 0.5) is 93.5 Å². The third-order valence-electron chi connectivity index (χ3n) is 9.27. The zero-order valence-corrected chi connectivity index (χ0v) is 31.6.